The monoisotopic (exact) mass is 320 g/mol. The van der Waals surface area contributed by atoms with Crippen LogP contribution in [0, 0.1) is 10.8 Å². The third-order valence-electron chi connectivity index (χ3n) is 2.66. The highest BCUT2D eigenvalue weighted by molar-refractivity contribution is 8.87. The van der Waals surface area contributed by atoms with Gasteiger partial charge in [-0.15, -0.1) is 0 Å². The zero-order chi connectivity index (χ0) is 15.1. The maximum atomic E-state index is 7.60. The maximum Gasteiger partial charge on any atom is 0.254 e. The van der Waals surface area contributed by atoms with E-state index in [9.17, 15) is 0 Å². The Morgan fingerprint density at radius 3 is 1.45 bits per heavy atom. The van der Waals surface area contributed by atoms with Crippen LogP contribution >= 0.6 is 21.6 Å². The van der Waals surface area contributed by atoms with Crippen LogP contribution in [0.4, 0.5) is 0 Å². The second kappa shape index (κ2) is 15.0. The minimum atomic E-state index is 0.158. The standard InChI is InChI=1S/C14H28N2O2S2/c1-3-5-7-9-11-17-13(15)19-20-14(16)18-12-10-8-6-4-2/h15-16H,3-12H2,1-2H3. The third-order valence-corrected chi connectivity index (χ3v) is 4.44. The summed E-state index contributed by atoms with van der Waals surface area (Å²) in [5, 5.41) is 15.5. The largest absolute Gasteiger partial charge is 0.473 e. The molecule has 0 unspecified atom stereocenters. The Hall–Kier alpha value is -0.360. The second-order valence-electron chi connectivity index (χ2n) is 4.56. The topological polar surface area (TPSA) is 66.2 Å². The summed E-state index contributed by atoms with van der Waals surface area (Å²) in [7, 11) is 2.29. The molecule has 0 rings (SSSR count). The molecule has 0 aliphatic carbocycles. The lowest BCUT2D eigenvalue weighted by molar-refractivity contribution is 0.299. The summed E-state index contributed by atoms with van der Waals surface area (Å²) in [6.07, 6.45) is 9.13. The molecule has 0 fully saturated rings. The molecule has 6 heteroatoms. The summed E-state index contributed by atoms with van der Waals surface area (Å²) in [6.45, 7) is 5.53. The normalized spacial score (nSPS) is 10.3. The van der Waals surface area contributed by atoms with Crippen LogP contribution in [0.3, 0.4) is 0 Å². The molecule has 4 nitrogen and oxygen atoms in total. The minimum absolute atomic E-state index is 0.158. The molecule has 0 aliphatic rings. The van der Waals surface area contributed by atoms with Gasteiger partial charge in [-0.2, -0.15) is 0 Å². The lowest BCUT2D eigenvalue weighted by Gasteiger charge is -2.07. The van der Waals surface area contributed by atoms with Crippen LogP contribution in [-0.4, -0.2) is 23.7 Å². The Balaban J connectivity index is 3.37. The van der Waals surface area contributed by atoms with Gasteiger partial charge in [0, 0.05) is 21.6 Å². The predicted octanol–water partition coefficient (Wildman–Crippen LogP) is 5.43. The molecule has 0 saturated carbocycles. The zero-order valence-corrected chi connectivity index (χ0v) is 14.3. The number of hydrogen-bond donors (Lipinski definition) is 2. The van der Waals surface area contributed by atoms with E-state index in [1.807, 2.05) is 0 Å². The number of unbranched alkanes of at least 4 members (excludes halogenated alkanes) is 6. The van der Waals surface area contributed by atoms with E-state index in [1.165, 1.54) is 25.7 Å². The number of rotatable bonds is 10. The summed E-state index contributed by atoms with van der Waals surface area (Å²) < 4.78 is 10.5. The first kappa shape index (κ1) is 19.6. The number of hydrogen-bond acceptors (Lipinski definition) is 6. The molecule has 0 spiro atoms. The molecule has 0 aliphatic heterocycles. The fourth-order valence-electron chi connectivity index (χ4n) is 1.51. The van der Waals surface area contributed by atoms with E-state index in [-0.39, 0.29) is 10.5 Å². The Kier molecular flexibility index (Phi) is 14.8. The molecular formula is C14H28N2O2S2. The first-order valence-electron chi connectivity index (χ1n) is 7.47. The van der Waals surface area contributed by atoms with E-state index in [0.717, 1.165) is 47.3 Å². The summed E-state index contributed by atoms with van der Waals surface area (Å²) in [5.41, 5.74) is 0. The van der Waals surface area contributed by atoms with E-state index in [2.05, 4.69) is 13.8 Å². The smallest absolute Gasteiger partial charge is 0.254 e. The van der Waals surface area contributed by atoms with E-state index in [0.29, 0.717) is 13.2 Å². The molecule has 2 N–H and O–H groups in total. The minimum Gasteiger partial charge on any atom is -0.473 e. The lowest BCUT2D eigenvalue weighted by atomic mass is 10.2. The second-order valence-corrected chi connectivity index (χ2v) is 6.63. The third kappa shape index (κ3) is 14.1. The molecule has 0 aromatic rings. The Labute approximate surface area is 131 Å². The van der Waals surface area contributed by atoms with Crippen molar-refractivity contribution in [1.29, 1.82) is 10.8 Å². The molecule has 0 amide bonds. The SMILES string of the molecule is CCCCCCOC(=N)SSC(=N)OCCCCCC. The number of ether oxygens (including phenoxy) is 2. The average Bonchev–Trinajstić information content (AvgIpc) is 2.44. The lowest BCUT2D eigenvalue weighted by Crippen LogP contribution is -2.02. The molecule has 20 heavy (non-hydrogen) atoms. The average molecular weight is 321 g/mol. The van der Waals surface area contributed by atoms with Crippen LogP contribution in [-0.2, 0) is 9.47 Å². The van der Waals surface area contributed by atoms with Crippen molar-refractivity contribution in [2.45, 2.75) is 65.2 Å². The Morgan fingerprint density at radius 1 is 0.700 bits per heavy atom. The first-order chi connectivity index (χ1) is 9.70. The highest BCUT2D eigenvalue weighted by atomic mass is 33.1. The van der Waals surface area contributed by atoms with Gasteiger partial charge in [0.2, 0.25) is 0 Å². The quantitative estimate of drug-likeness (QED) is 0.244. The van der Waals surface area contributed by atoms with Crippen molar-refractivity contribution >= 4 is 32.0 Å². The van der Waals surface area contributed by atoms with Crippen molar-refractivity contribution in [2.24, 2.45) is 0 Å². The van der Waals surface area contributed by atoms with Gasteiger partial charge in [-0.3, -0.25) is 10.8 Å². The van der Waals surface area contributed by atoms with Crippen LogP contribution in [0.5, 0.6) is 0 Å². The Morgan fingerprint density at radius 2 is 1.10 bits per heavy atom. The molecule has 0 aromatic heterocycles. The van der Waals surface area contributed by atoms with Gasteiger partial charge in [-0.25, -0.2) is 0 Å². The van der Waals surface area contributed by atoms with Gasteiger partial charge in [-0.05, 0) is 12.8 Å². The molecule has 0 aromatic carbocycles. The van der Waals surface area contributed by atoms with Crippen LogP contribution in [0.15, 0.2) is 0 Å². The molecule has 0 saturated heterocycles. The summed E-state index contributed by atoms with van der Waals surface area (Å²) in [4.78, 5) is 0. The first-order valence-corrected chi connectivity index (χ1v) is 9.62. The van der Waals surface area contributed by atoms with Crippen molar-refractivity contribution in [1.82, 2.24) is 0 Å². The molecule has 0 radical (unpaired) electrons. The Bertz CT molecular complexity index is 238. The van der Waals surface area contributed by atoms with Gasteiger partial charge in [0.15, 0.2) is 0 Å². The van der Waals surface area contributed by atoms with Crippen LogP contribution in [0.25, 0.3) is 0 Å². The van der Waals surface area contributed by atoms with Crippen molar-refractivity contribution in [3.8, 4) is 0 Å². The number of nitrogens with one attached hydrogen (secondary N) is 2. The fourth-order valence-corrected chi connectivity index (χ4v) is 2.67. The zero-order valence-electron chi connectivity index (χ0n) is 12.7. The fraction of sp³-hybridized carbons (Fsp3) is 0.857. The summed E-state index contributed by atoms with van der Waals surface area (Å²) in [6, 6.07) is 0. The van der Waals surface area contributed by atoms with Gasteiger partial charge in [0.05, 0.1) is 13.2 Å². The van der Waals surface area contributed by atoms with Gasteiger partial charge in [-0.1, -0.05) is 52.4 Å². The molecule has 0 atom stereocenters. The summed E-state index contributed by atoms with van der Waals surface area (Å²) in [5.74, 6) is 0. The molecule has 0 heterocycles. The summed E-state index contributed by atoms with van der Waals surface area (Å²) >= 11 is 0. The van der Waals surface area contributed by atoms with E-state index in [4.69, 9.17) is 20.3 Å². The van der Waals surface area contributed by atoms with Crippen molar-refractivity contribution in [3.63, 3.8) is 0 Å². The molecule has 118 valence electrons. The van der Waals surface area contributed by atoms with E-state index in [1.54, 1.807) is 0 Å². The van der Waals surface area contributed by atoms with Crippen LogP contribution in [0.2, 0.25) is 0 Å². The van der Waals surface area contributed by atoms with Gasteiger partial charge in [0.25, 0.3) is 10.5 Å². The highest BCUT2D eigenvalue weighted by Crippen LogP contribution is 2.24. The van der Waals surface area contributed by atoms with Crippen LogP contribution in [0.1, 0.15) is 65.2 Å². The van der Waals surface area contributed by atoms with Crippen LogP contribution < -0.4 is 0 Å². The maximum absolute atomic E-state index is 7.60. The van der Waals surface area contributed by atoms with Crippen molar-refractivity contribution in [3.05, 3.63) is 0 Å². The van der Waals surface area contributed by atoms with Gasteiger partial charge < -0.3 is 9.47 Å². The molecular weight excluding hydrogens is 292 g/mol. The van der Waals surface area contributed by atoms with Crippen molar-refractivity contribution < 1.29 is 9.47 Å². The van der Waals surface area contributed by atoms with E-state index < -0.39 is 0 Å². The molecule has 0 bridgehead atoms. The predicted molar refractivity (Wildman–Crippen MR) is 90.8 cm³/mol. The van der Waals surface area contributed by atoms with Gasteiger partial charge >= 0.3 is 0 Å². The van der Waals surface area contributed by atoms with Crippen molar-refractivity contribution in [2.75, 3.05) is 13.2 Å². The van der Waals surface area contributed by atoms with E-state index >= 15 is 0 Å². The highest BCUT2D eigenvalue weighted by Gasteiger charge is 2.05. The van der Waals surface area contributed by atoms with Gasteiger partial charge in [0.1, 0.15) is 0 Å².